The Morgan fingerprint density at radius 1 is 1.88 bits per heavy atom. The molecule has 3 heteroatoms. The molecule has 0 heterocycles. The van der Waals surface area contributed by atoms with E-state index in [1.165, 1.54) is 0 Å². The average molecular weight is 113 g/mol. The van der Waals surface area contributed by atoms with Crippen LogP contribution in [-0.4, -0.2) is 6.04 Å². The fourth-order valence-electron chi connectivity index (χ4n) is 0.402. The monoisotopic (exact) mass is 113 g/mol. The summed E-state index contributed by atoms with van der Waals surface area (Å²) in [5.74, 6) is 4.78. The van der Waals surface area contributed by atoms with Crippen LogP contribution in [0.4, 0.5) is 0 Å². The highest BCUT2D eigenvalue weighted by atomic mass is 15.3. The molecular formula is C5H11N3. The van der Waals surface area contributed by atoms with Crippen molar-refractivity contribution < 1.29 is 0 Å². The van der Waals surface area contributed by atoms with Crippen molar-refractivity contribution in [3.8, 4) is 0 Å². The SMILES string of the molecule is C=CCC(C)N=NN. The predicted octanol–water partition coefficient (Wildman–Crippen LogP) is 1.28. The van der Waals surface area contributed by atoms with Crippen LogP contribution in [-0.2, 0) is 0 Å². The minimum Gasteiger partial charge on any atom is -0.305 e. The van der Waals surface area contributed by atoms with Crippen LogP contribution >= 0.6 is 0 Å². The summed E-state index contributed by atoms with van der Waals surface area (Å²) in [6.07, 6.45) is 2.63. The molecule has 0 aliphatic carbocycles. The number of hydrogen-bond donors (Lipinski definition) is 1. The molecule has 2 N–H and O–H groups in total. The molecule has 0 aliphatic rings. The lowest BCUT2D eigenvalue weighted by Crippen LogP contribution is -1.94. The molecule has 0 aromatic carbocycles. The Kier molecular flexibility index (Phi) is 3.84. The Bertz CT molecular complexity index is 87.7. The quantitative estimate of drug-likeness (QED) is 0.255. The summed E-state index contributed by atoms with van der Waals surface area (Å²) < 4.78 is 0. The number of nitrogens with zero attached hydrogens (tertiary/aromatic N) is 2. The van der Waals surface area contributed by atoms with E-state index in [0.29, 0.717) is 0 Å². The molecule has 8 heavy (non-hydrogen) atoms. The van der Waals surface area contributed by atoms with Gasteiger partial charge >= 0.3 is 0 Å². The highest BCUT2D eigenvalue weighted by Crippen LogP contribution is 1.95. The summed E-state index contributed by atoms with van der Waals surface area (Å²) in [5.41, 5.74) is 0. The summed E-state index contributed by atoms with van der Waals surface area (Å²) in [7, 11) is 0. The summed E-state index contributed by atoms with van der Waals surface area (Å²) in [4.78, 5) is 0. The van der Waals surface area contributed by atoms with E-state index >= 15 is 0 Å². The molecule has 0 fully saturated rings. The van der Waals surface area contributed by atoms with Gasteiger partial charge in [0, 0.05) is 0 Å². The van der Waals surface area contributed by atoms with Crippen molar-refractivity contribution in [3.05, 3.63) is 12.7 Å². The minimum atomic E-state index is 0.178. The Hall–Kier alpha value is -0.860. The molecule has 0 amide bonds. The van der Waals surface area contributed by atoms with Gasteiger partial charge in [-0.05, 0) is 13.3 Å². The Balaban J connectivity index is 3.31. The van der Waals surface area contributed by atoms with E-state index in [1.807, 2.05) is 6.92 Å². The average Bonchev–Trinajstić information content (AvgIpc) is 1.68. The molecule has 0 rings (SSSR count). The standard InChI is InChI=1S/C5H11N3/c1-3-4-5(2)7-8-6/h3,5H,1,4H2,2H3,(H2,6,7). The molecule has 0 saturated heterocycles. The molecule has 0 saturated carbocycles. The van der Waals surface area contributed by atoms with Crippen molar-refractivity contribution >= 4 is 0 Å². The van der Waals surface area contributed by atoms with E-state index in [4.69, 9.17) is 5.84 Å². The Labute approximate surface area is 49.3 Å². The zero-order chi connectivity index (χ0) is 6.41. The van der Waals surface area contributed by atoms with Gasteiger partial charge in [0.2, 0.25) is 0 Å². The van der Waals surface area contributed by atoms with Crippen LogP contribution in [0.15, 0.2) is 23.0 Å². The fourth-order valence-corrected chi connectivity index (χ4v) is 0.402. The third kappa shape index (κ3) is 3.33. The van der Waals surface area contributed by atoms with E-state index in [9.17, 15) is 0 Å². The van der Waals surface area contributed by atoms with Crippen LogP contribution in [0.3, 0.4) is 0 Å². The summed E-state index contributed by atoms with van der Waals surface area (Å²) in [5, 5.41) is 6.78. The summed E-state index contributed by atoms with van der Waals surface area (Å²) in [6.45, 7) is 5.47. The number of rotatable bonds is 3. The molecule has 0 aromatic heterocycles. The molecule has 0 bridgehead atoms. The van der Waals surface area contributed by atoms with E-state index in [-0.39, 0.29) is 6.04 Å². The van der Waals surface area contributed by atoms with Crippen LogP contribution < -0.4 is 5.84 Å². The second-order valence-electron chi connectivity index (χ2n) is 1.60. The van der Waals surface area contributed by atoms with Crippen LogP contribution in [0.5, 0.6) is 0 Å². The second kappa shape index (κ2) is 4.30. The van der Waals surface area contributed by atoms with E-state index in [1.54, 1.807) is 6.08 Å². The van der Waals surface area contributed by atoms with Gasteiger partial charge in [-0.15, -0.1) is 6.58 Å². The topological polar surface area (TPSA) is 50.7 Å². The van der Waals surface area contributed by atoms with Crippen LogP contribution in [0, 0.1) is 0 Å². The van der Waals surface area contributed by atoms with Crippen molar-refractivity contribution in [2.24, 2.45) is 16.2 Å². The third-order valence-corrected chi connectivity index (χ3v) is 0.772. The van der Waals surface area contributed by atoms with Gasteiger partial charge in [-0.3, -0.25) is 0 Å². The molecule has 0 radical (unpaired) electrons. The first-order valence-corrected chi connectivity index (χ1v) is 2.52. The molecule has 0 aliphatic heterocycles. The molecule has 1 unspecified atom stereocenters. The lowest BCUT2D eigenvalue weighted by molar-refractivity contribution is 0.696. The zero-order valence-corrected chi connectivity index (χ0v) is 5.04. The van der Waals surface area contributed by atoms with Crippen molar-refractivity contribution in [1.29, 1.82) is 0 Å². The van der Waals surface area contributed by atoms with Gasteiger partial charge in [0.15, 0.2) is 0 Å². The van der Waals surface area contributed by atoms with E-state index in [0.717, 1.165) is 6.42 Å². The van der Waals surface area contributed by atoms with E-state index < -0.39 is 0 Å². The van der Waals surface area contributed by atoms with Crippen LogP contribution in [0.1, 0.15) is 13.3 Å². The largest absolute Gasteiger partial charge is 0.305 e. The number of hydrogen-bond acceptors (Lipinski definition) is 2. The van der Waals surface area contributed by atoms with Gasteiger partial charge in [0.05, 0.1) is 6.04 Å². The highest BCUT2D eigenvalue weighted by Gasteiger charge is 1.91. The lowest BCUT2D eigenvalue weighted by atomic mass is 10.2. The summed E-state index contributed by atoms with van der Waals surface area (Å²) >= 11 is 0. The maximum absolute atomic E-state index is 4.78. The molecule has 0 aromatic rings. The van der Waals surface area contributed by atoms with Gasteiger partial charge in [-0.25, -0.2) is 0 Å². The first-order chi connectivity index (χ1) is 3.81. The maximum atomic E-state index is 4.78. The van der Waals surface area contributed by atoms with Crippen LogP contribution in [0.25, 0.3) is 0 Å². The van der Waals surface area contributed by atoms with Crippen molar-refractivity contribution in [2.45, 2.75) is 19.4 Å². The normalized spacial score (nSPS) is 14.1. The third-order valence-electron chi connectivity index (χ3n) is 0.772. The van der Waals surface area contributed by atoms with E-state index in [2.05, 4.69) is 16.9 Å². The van der Waals surface area contributed by atoms with Crippen molar-refractivity contribution in [2.75, 3.05) is 0 Å². The minimum absolute atomic E-state index is 0.178. The zero-order valence-electron chi connectivity index (χ0n) is 5.04. The van der Waals surface area contributed by atoms with Gasteiger partial charge in [0.25, 0.3) is 0 Å². The lowest BCUT2D eigenvalue weighted by Gasteiger charge is -1.94. The van der Waals surface area contributed by atoms with Gasteiger partial charge < -0.3 is 5.84 Å². The second-order valence-corrected chi connectivity index (χ2v) is 1.60. The Morgan fingerprint density at radius 3 is 2.88 bits per heavy atom. The van der Waals surface area contributed by atoms with Gasteiger partial charge in [0.1, 0.15) is 0 Å². The summed E-state index contributed by atoms with van der Waals surface area (Å²) in [6, 6.07) is 0.178. The molecule has 3 nitrogen and oxygen atoms in total. The van der Waals surface area contributed by atoms with Gasteiger partial charge in [-0.1, -0.05) is 11.3 Å². The first-order valence-electron chi connectivity index (χ1n) is 2.52. The predicted molar refractivity (Wildman–Crippen MR) is 33.3 cm³/mol. The highest BCUT2D eigenvalue weighted by molar-refractivity contribution is 4.72. The fraction of sp³-hybridized carbons (Fsp3) is 0.600. The smallest absolute Gasteiger partial charge is 0.0735 e. The van der Waals surface area contributed by atoms with Crippen LogP contribution in [0.2, 0.25) is 0 Å². The van der Waals surface area contributed by atoms with Gasteiger partial charge in [-0.2, -0.15) is 5.11 Å². The number of nitrogens with two attached hydrogens (primary N) is 1. The maximum Gasteiger partial charge on any atom is 0.0735 e. The molecule has 1 atom stereocenters. The Morgan fingerprint density at radius 2 is 2.50 bits per heavy atom. The van der Waals surface area contributed by atoms with Crippen molar-refractivity contribution in [3.63, 3.8) is 0 Å². The molecule has 46 valence electrons. The van der Waals surface area contributed by atoms with Crippen molar-refractivity contribution in [1.82, 2.24) is 0 Å². The molecular weight excluding hydrogens is 102 g/mol. The first kappa shape index (κ1) is 7.14. The molecule has 0 spiro atoms.